The molecule has 1 aliphatic heterocycles. The zero-order valence-electron chi connectivity index (χ0n) is 13.0. The molecule has 1 unspecified atom stereocenters. The van der Waals surface area contributed by atoms with Gasteiger partial charge in [0.15, 0.2) is 0 Å². The number of hydrogen-bond acceptors (Lipinski definition) is 2. The second-order valence-electron chi connectivity index (χ2n) is 7.03. The van der Waals surface area contributed by atoms with E-state index in [-0.39, 0.29) is 11.8 Å². The third kappa shape index (κ3) is 3.39. The highest BCUT2D eigenvalue weighted by molar-refractivity contribution is 5.80. The van der Waals surface area contributed by atoms with Crippen molar-refractivity contribution in [2.75, 3.05) is 18.4 Å². The summed E-state index contributed by atoms with van der Waals surface area (Å²) in [5.41, 5.74) is 2.75. The minimum Gasteiger partial charge on any atom is -0.384 e. The van der Waals surface area contributed by atoms with Gasteiger partial charge in [-0.3, -0.25) is 4.79 Å². The highest BCUT2D eigenvalue weighted by Gasteiger charge is 2.29. The summed E-state index contributed by atoms with van der Waals surface area (Å²) in [6.07, 6.45) is 7.33. The van der Waals surface area contributed by atoms with Gasteiger partial charge in [0.2, 0.25) is 5.91 Å². The standard InChI is InChI=1S/C18H26N2O/c1-18(9-5-2-6-10-18)13-20-17(21)15-11-14-7-3-4-8-16(14)19-12-15/h3-4,7-8,15,19H,2,5-6,9-13H2,1H3,(H,20,21). The van der Waals surface area contributed by atoms with Crippen LogP contribution in [0.25, 0.3) is 0 Å². The average Bonchev–Trinajstić information content (AvgIpc) is 2.53. The number of benzene rings is 1. The zero-order valence-corrected chi connectivity index (χ0v) is 13.0. The number of fused-ring (bicyclic) bond motifs is 1. The van der Waals surface area contributed by atoms with Crippen LogP contribution in [0.3, 0.4) is 0 Å². The van der Waals surface area contributed by atoms with Gasteiger partial charge in [0.05, 0.1) is 5.92 Å². The summed E-state index contributed by atoms with van der Waals surface area (Å²) in [7, 11) is 0. The molecule has 1 atom stereocenters. The van der Waals surface area contributed by atoms with Gasteiger partial charge in [-0.1, -0.05) is 44.4 Å². The highest BCUT2D eigenvalue weighted by Crippen LogP contribution is 2.35. The molecule has 114 valence electrons. The molecular weight excluding hydrogens is 260 g/mol. The molecule has 1 fully saturated rings. The van der Waals surface area contributed by atoms with E-state index < -0.39 is 0 Å². The molecule has 0 bridgehead atoms. The Morgan fingerprint density at radius 3 is 2.86 bits per heavy atom. The van der Waals surface area contributed by atoms with E-state index in [4.69, 9.17) is 0 Å². The monoisotopic (exact) mass is 286 g/mol. The van der Waals surface area contributed by atoms with Crippen molar-refractivity contribution in [3.05, 3.63) is 29.8 Å². The number of carbonyl (C=O) groups is 1. The van der Waals surface area contributed by atoms with Crippen molar-refractivity contribution in [2.24, 2.45) is 11.3 Å². The van der Waals surface area contributed by atoms with Gasteiger partial charge in [-0.2, -0.15) is 0 Å². The van der Waals surface area contributed by atoms with Gasteiger partial charge in [-0.15, -0.1) is 0 Å². The fourth-order valence-electron chi connectivity index (χ4n) is 3.65. The Balaban J connectivity index is 1.55. The van der Waals surface area contributed by atoms with E-state index in [9.17, 15) is 4.79 Å². The Morgan fingerprint density at radius 2 is 2.05 bits per heavy atom. The van der Waals surface area contributed by atoms with Crippen LogP contribution in [0.4, 0.5) is 5.69 Å². The van der Waals surface area contributed by atoms with Crippen molar-refractivity contribution in [1.29, 1.82) is 0 Å². The third-order valence-electron chi connectivity index (χ3n) is 5.14. The summed E-state index contributed by atoms with van der Waals surface area (Å²) >= 11 is 0. The van der Waals surface area contributed by atoms with E-state index in [0.717, 1.165) is 19.5 Å². The number of hydrogen-bond donors (Lipinski definition) is 2. The Hall–Kier alpha value is -1.51. The van der Waals surface area contributed by atoms with Crippen LogP contribution in [-0.2, 0) is 11.2 Å². The molecule has 1 saturated carbocycles. The number of carbonyl (C=O) groups excluding carboxylic acids is 1. The third-order valence-corrected chi connectivity index (χ3v) is 5.14. The lowest BCUT2D eigenvalue weighted by Crippen LogP contribution is -2.43. The van der Waals surface area contributed by atoms with Gasteiger partial charge < -0.3 is 10.6 Å². The lowest BCUT2D eigenvalue weighted by molar-refractivity contribution is -0.125. The van der Waals surface area contributed by atoms with E-state index in [1.807, 2.05) is 12.1 Å². The maximum Gasteiger partial charge on any atom is 0.225 e. The first kappa shape index (κ1) is 14.4. The van der Waals surface area contributed by atoms with Gasteiger partial charge in [0.25, 0.3) is 0 Å². The van der Waals surface area contributed by atoms with E-state index in [0.29, 0.717) is 5.41 Å². The highest BCUT2D eigenvalue weighted by atomic mass is 16.1. The van der Waals surface area contributed by atoms with Crippen LogP contribution in [0.5, 0.6) is 0 Å². The van der Waals surface area contributed by atoms with Crippen LogP contribution in [0.2, 0.25) is 0 Å². The molecule has 2 aliphatic rings. The first-order valence-electron chi connectivity index (χ1n) is 8.26. The first-order valence-corrected chi connectivity index (χ1v) is 8.26. The fourth-order valence-corrected chi connectivity index (χ4v) is 3.65. The molecule has 1 heterocycles. The SMILES string of the molecule is CC1(CNC(=O)C2CNc3ccccc3C2)CCCCC1. The van der Waals surface area contributed by atoms with Gasteiger partial charge in [-0.25, -0.2) is 0 Å². The molecule has 1 amide bonds. The lowest BCUT2D eigenvalue weighted by Gasteiger charge is -2.34. The van der Waals surface area contributed by atoms with Crippen LogP contribution < -0.4 is 10.6 Å². The number of amides is 1. The van der Waals surface area contributed by atoms with Crippen LogP contribution in [0, 0.1) is 11.3 Å². The largest absolute Gasteiger partial charge is 0.384 e. The molecule has 21 heavy (non-hydrogen) atoms. The van der Waals surface area contributed by atoms with Gasteiger partial charge >= 0.3 is 0 Å². The summed E-state index contributed by atoms with van der Waals surface area (Å²) in [5.74, 6) is 0.274. The van der Waals surface area contributed by atoms with E-state index >= 15 is 0 Å². The van der Waals surface area contributed by atoms with Crippen molar-refractivity contribution in [2.45, 2.75) is 45.4 Å². The Labute approximate surface area is 127 Å². The Bertz CT molecular complexity index is 506. The molecule has 0 aromatic heterocycles. The molecular formula is C18H26N2O. The fraction of sp³-hybridized carbons (Fsp3) is 0.611. The lowest BCUT2D eigenvalue weighted by atomic mass is 9.75. The number of para-hydroxylation sites is 1. The second-order valence-corrected chi connectivity index (χ2v) is 7.03. The van der Waals surface area contributed by atoms with Gasteiger partial charge in [0, 0.05) is 18.8 Å². The molecule has 0 saturated heterocycles. The number of nitrogens with one attached hydrogen (secondary N) is 2. The maximum absolute atomic E-state index is 12.4. The predicted molar refractivity (Wildman–Crippen MR) is 86.3 cm³/mol. The molecule has 1 aromatic rings. The molecule has 1 aliphatic carbocycles. The second kappa shape index (κ2) is 6.08. The Kier molecular flexibility index (Phi) is 4.18. The number of rotatable bonds is 3. The summed E-state index contributed by atoms with van der Waals surface area (Å²) in [6, 6.07) is 8.29. The molecule has 2 N–H and O–H groups in total. The van der Waals surface area contributed by atoms with Crippen LogP contribution in [-0.4, -0.2) is 19.0 Å². The minimum atomic E-state index is 0.0621. The summed E-state index contributed by atoms with van der Waals surface area (Å²) < 4.78 is 0. The summed E-state index contributed by atoms with van der Waals surface area (Å²) in [5, 5.41) is 6.59. The smallest absolute Gasteiger partial charge is 0.225 e. The summed E-state index contributed by atoms with van der Waals surface area (Å²) in [6.45, 7) is 3.91. The van der Waals surface area contributed by atoms with Crippen molar-refractivity contribution < 1.29 is 4.79 Å². The van der Waals surface area contributed by atoms with Crippen molar-refractivity contribution in [1.82, 2.24) is 5.32 Å². The van der Waals surface area contributed by atoms with Crippen LogP contribution in [0.15, 0.2) is 24.3 Å². The topological polar surface area (TPSA) is 41.1 Å². The van der Waals surface area contributed by atoms with Gasteiger partial charge in [-0.05, 0) is 36.3 Å². The molecule has 3 heteroatoms. The average molecular weight is 286 g/mol. The quantitative estimate of drug-likeness (QED) is 0.894. The van der Waals surface area contributed by atoms with Crippen LogP contribution in [0.1, 0.15) is 44.6 Å². The predicted octanol–water partition coefficient (Wildman–Crippen LogP) is 3.36. The first-order chi connectivity index (χ1) is 10.2. The van der Waals surface area contributed by atoms with Crippen molar-refractivity contribution >= 4 is 11.6 Å². The molecule has 0 radical (unpaired) electrons. The normalized spacial score (nSPS) is 23.8. The molecule has 3 nitrogen and oxygen atoms in total. The molecule has 1 aromatic carbocycles. The Morgan fingerprint density at radius 1 is 1.29 bits per heavy atom. The van der Waals surface area contributed by atoms with E-state index in [1.165, 1.54) is 43.4 Å². The molecule has 3 rings (SSSR count). The summed E-state index contributed by atoms with van der Waals surface area (Å²) in [4.78, 5) is 12.4. The maximum atomic E-state index is 12.4. The van der Waals surface area contributed by atoms with Gasteiger partial charge in [0.1, 0.15) is 0 Å². The van der Waals surface area contributed by atoms with Crippen molar-refractivity contribution in [3.63, 3.8) is 0 Å². The molecule has 0 spiro atoms. The zero-order chi connectivity index (χ0) is 14.7. The van der Waals surface area contributed by atoms with Crippen LogP contribution >= 0.6 is 0 Å². The minimum absolute atomic E-state index is 0.0621. The van der Waals surface area contributed by atoms with Crippen molar-refractivity contribution in [3.8, 4) is 0 Å². The number of anilines is 1. The van der Waals surface area contributed by atoms with E-state index in [1.54, 1.807) is 0 Å². The van der Waals surface area contributed by atoms with E-state index in [2.05, 4.69) is 29.7 Å².